The monoisotopic (exact) mass is 333 g/mol. The van der Waals surface area contributed by atoms with Crippen molar-refractivity contribution < 1.29 is 4.74 Å². The molecule has 0 radical (unpaired) electrons. The minimum absolute atomic E-state index is 0.140. The first-order valence-electron chi connectivity index (χ1n) is 6.75. The number of ether oxygens (including phenoxy) is 1. The molecule has 1 atom stereocenters. The molecule has 3 heteroatoms. The third kappa shape index (κ3) is 3.62. The summed E-state index contributed by atoms with van der Waals surface area (Å²) in [6, 6.07) is 14.1. The van der Waals surface area contributed by atoms with Crippen LogP contribution in [0, 0.1) is 6.92 Å². The number of benzene rings is 2. The van der Waals surface area contributed by atoms with Gasteiger partial charge in [-0.3, -0.25) is 0 Å². The lowest BCUT2D eigenvalue weighted by atomic mass is 9.96. The quantitative estimate of drug-likeness (QED) is 0.887. The van der Waals surface area contributed by atoms with Crippen molar-refractivity contribution in [3.63, 3.8) is 0 Å². The second-order valence-corrected chi connectivity index (χ2v) is 6.13. The van der Waals surface area contributed by atoms with Gasteiger partial charge in [-0.25, -0.2) is 0 Å². The molecule has 0 fully saturated rings. The van der Waals surface area contributed by atoms with E-state index in [4.69, 9.17) is 10.5 Å². The van der Waals surface area contributed by atoms with Crippen molar-refractivity contribution in [2.45, 2.75) is 32.9 Å². The van der Waals surface area contributed by atoms with Crippen LogP contribution in [-0.2, 0) is 0 Å². The second-order valence-electron chi connectivity index (χ2n) is 5.22. The highest BCUT2D eigenvalue weighted by Crippen LogP contribution is 2.27. The topological polar surface area (TPSA) is 35.2 Å². The van der Waals surface area contributed by atoms with Gasteiger partial charge >= 0.3 is 0 Å². The minimum Gasteiger partial charge on any atom is -0.491 e. The number of hydrogen-bond donors (Lipinski definition) is 1. The predicted molar refractivity (Wildman–Crippen MR) is 87.1 cm³/mol. The molecule has 20 heavy (non-hydrogen) atoms. The fraction of sp³-hybridized carbons (Fsp3) is 0.294. The molecular weight excluding hydrogens is 314 g/mol. The summed E-state index contributed by atoms with van der Waals surface area (Å²) in [6.45, 7) is 6.12. The van der Waals surface area contributed by atoms with Gasteiger partial charge in [0.25, 0.3) is 0 Å². The number of halogens is 1. The van der Waals surface area contributed by atoms with E-state index < -0.39 is 0 Å². The number of rotatable bonds is 4. The van der Waals surface area contributed by atoms with Gasteiger partial charge < -0.3 is 10.5 Å². The molecule has 0 saturated carbocycles. The van der Waals surface area contributed by atoms with Crippen molar-refractivity contribution in [3.05, 3.63) is 63.6 Å². The zero-order valence-corrected chi connectivity index (χ0v) is 13.6. The van der Waals surface area contributed by atoms with Gasteiger partial charge in [0.2, 0.25) is 0 Å². The van der Waals surface area contributed by atoms with Crippen molar-refractivity contribution in [3.8, 4) is 5.75 Å². The van der Waals surface area contributed by atoms with Crippen LogP contribution in [0.4, 0.5) is 0 Å². The average molecular weight is 334 g/mol. The van der Waals surface area contributed by atoms with E-state index in [1.165, 1.54) is 5.56 Å². The highest BCUT2D eigenvalue weighted by molar-refractivity contribution is 9.10. The van der Waals surface area contributed by atoms with E-state index in [2.05, 4.69) is 35.0 Å². The molecule has 2 nitrogen and oxygen atoms in total. The Bertz CT molecular complexity index is 595. The minimum atomic E-state index is -0.140. The predicted octanol–water partition coefficient (Wildman–Crippen LogP) is 4.59. The van der Waals surface area contributed by atoms with E-state index in [9.17, 15) is 0 Å². The van der Waals surface area contributed by atoms with Gasteiger partial charge in [0.1, 0.15) is 5.75 Å². The first-order valence-corrected chi connectivity index (χ1v) is 7.55. The Kier molecular flexibility index (Phi) is 4.84. The summed E-state index contributed by atoms with van der Waals surface area (Å²) in [6.07, 6.45) is 0.163. The Morgan fingerprint density at radius 2 is 1.85 bits per heavy atom. The molecule has 2 aromatic carbocycles. The smallest absolute Gasteiger partial charge is 0.120 e. The van der Waals surface area contributed by atoms with Crippen LogP contribution >= 0.6 is 15.9 Å². The lowest BCUT2D eigenvalue weighted by molar-refractivity contribution is 0.242. The highest BCUT2D eigenvalue weighted by atomic mass is 79.9. The van der Waals surface area contributed by atoms with Gasteiger partial charge in [0.05, 0.1) is 12.1 Å². The van der Waals surface area contributed by atoms with Gasteiger partial charge in [-0.05, 0) is 61.7 Å². The lowest BCUT2D eigenvalue weighted by Gasteiger charge is -2.17. The molecule has 106 valence electrons. The van der Waals surface area contributed by atoms with E-state index in [-0.39, 0.29) is 12.1 Å². The van der Waals surface area contributed by atoms with Crippen molar-refractivity contribution in [2.75, 3.05) is 0 Å². The zero-order chi connectivity index (χ0) is 14.7. The average Bonchev–Trinajstić information content (AvgIpc) is 2.37. The highest BCUT2D eigenvalue weighted by Gasteiger charge is 2.12. The molecule has 0 spiro atoms. The van der Waals surface area contributed by atoms with Crippen LogP contribution in [0.25, 0.3) is 0 Å². The molecule has 2 rings (SSSR count). The Balaban J connectivity index is 2.30. The molecule has 0 heterocycles. The second kappa shape index (κ2) is 6.42. The van der Waals surface area contributed by atoms with Crippen LogP contribution in [0.2, 0.25) is 0 Å². The molecule has 0 aliphatic rings. The van der Waals surface area contributed by atoms with Crippen molar-refractivity contribution >= 4 is 15.9 Å². The summed E-state index contributed by atoms with van der Waals surface area (Å²) in [5.41, 5.74) is 9.78. The summed E-state index contributed by atoms with van der Waals surface area (Å²) in [7, 11) is 0. The molecule has 0 aliphatic carbocycles. The number of aryl methyl sites for hydroxylation is 1. The third-order valence-electron chi connectivity index (χ3n) is 3.16. The Morgan fingerprint density at radius 3 is 2.50 bits per heavy atom. The molecule has 0 aromatic heterocycles. The van der Waals surface area contributed by atoms with Crippen molar-refractivity contribution in [1.29, 1.82) is 0 Å². The fourth-order valence-electron chi connectivity index (χ4n) is 2.22. The fourth-order valence-corrected chi connectivity index (χ4v) is 2.70. The standard InChI is InChI=1S/C17H20BrNO/c1-11(2)20-15-6-4-5-13(10-15)17(19)16-8-7-14(18)9-12(16)3/h4-11,17H,19H2,1-3H3. The van der Waals surface area contributed by atoms with Crippen molar-refractivity contribution in [2.24, 2.45) is 5.73 Å². The first-order chi connectivity index (χ1) is 9.47. The largest absolute Gasteiger partial charge is 0.491 e. The molecule has 2 aromatic rings. The number of nitrogens with two attached hydrogens (primary N) is 1. The van der Waals surface area contributed by atoms with Gasteiger partial charge in [0.15, 0.2) is 0 Å². The Morgan fingerprint density at radius 1 is 1.10 bits per heavy atom. The van der Waals surface area contributed by atoms with Crippen LogP contribution in [0.3, 0.4) is 0 Å². The SMILES string of the molecule is Cc1cc(Br)ccc1C(N)c1cccc(OC(C)C)c1. The third-order valence-corrected chi connectivity index (χ3v) is 3.65. The summed E-state index contributed by atoms with van der Waals surface area (Å²) in [5.74, 6) is 0.864. The Labute approximate surface area is 129 Å². The maximum Gasteiger partial charge on any atom is 0.120 e. The van der Waals surface area contributed by atoms with E-state index in [1.807, 2.05) is 44.2 Å². The van der Waals surface area contributed by atoms with E-state index in [0.29, 0.717) is 0 Å². The summed E-state index contributed by atoms with van der Waals surface area (Å²) < 4.78 is 6.80. The molecule has 2 N–H and O–H groups in total. The molecule has 0 bridgehead atoms. The maximum atomic E-state index is 6.40. The van der Waals surface area contributed by atoms with E-state index in [1.54, 1.807) is 0 Å². The van der Waals surface area contributed by atoms with Gasteiger partial charge in [-0.2, -0.15) is 0 Å². The van der Waals surface area contributed by atoms with Crippen molar-refractivity contribution in [1.82, 2.24) is 0 Å². The molecule has 0 amide bonds. The molecule has 0 aliphatic heterocycles. The summed E-state index contributed by atoms with van der Waals surface area (Å²) in [5, 5.41) is 0. The lowest BCUT2D eigenvalue weighted by Crippen LogP contribution is -2.14. The Hall–Kier alpha value is -1.32. The normalized spacial score (nSPS) is 12.5. The van der Waals surface area contributed by atoms with Crippen LogP contribution in [-0.4, -0.2) is 6.10 Å². The first kappa shape index (κ1) is 15.1. The van der Waals surface area contributed by atoms with E-state index in [0.717, 1.165) is 21.3 Å². The van der Waals surface area contributed by atoms with Gasteiger partial charge in [-0.15, -0.1) is 0 Å². The molecular formula is C17H20BrNO. The van der Waals surface area contributed by atoms with Gasteiger partial charge in [0, 0.05) is 4.47 Å². The summed E-state index contributed by atoms with van der Waals surface area (Å²) >= 11 is 3.48. The maximum absolute atomic E-state index is 6.40. The summed E-state index contributed by atoms with van der Waals surface area (Å²) in [4.78, 5) is 0. The zero-order valence-electron chi connectivity index (χ0n) is 12.1. The molecule has 0 saturated heterocycles. The van der Waals surface area contributed by atoms with Crippen LogP contribution in [0.1, 0.15) is 36.6 Å². The molecule has 1 unspecified atom stereocenters. The van der Waals surface area contributed by atoms with E-state index >= 15 is 0 Å². The number of hydrogen-bond acceptors (Lipinski definition) is 2. The van der Waals surface area contributed by atoms with Gasteiger partial charge in [-0.1, -0.05) is 34.1 Å². The van der Waals surface area contributed by atoms with Crippen LogP contribution in [0.5, 0.6) is 5.75 Å². The van der Waals surface area contributed by atoms with Crippen LogP contribution in [0.15, 0.2) is 46.9 Å². The van der Waals surface area contributed by atoms with Crippen LogP contribution < -0.4 is 10.5 Å².